The number of carbonyl (C=O) groups excluding carboxylic acids is 1. The normalized spacial score (nSPS) is 10.4. The van der Waals surface area contributed by atoms with Gasteiger partial charge in [-0.05, 0) is 24.1 Å². The Hall–Kier alpha value is -1.88. The van der Waals surface area contributed by atoms with Crippen molar-refractivity contribution in [2.45, 2.75) is 19.8 Å². The van der Waals surface area contributed by atoms with E-state index in [1.165, 1.54) is 16.9 Å². The van der Waals surface area contributed by atoms with Crippen molar-refractivity contribution in [1.29, 1.82) is 0 Å². The zero-order valence-corrected chi connectivity index (χ0v) is 11.8. The van der Waals surface area contributed by atoms with Crippen LogP contribution in [0, 0.1) is 0 Å². The fourth-order valence-corrected chi connectivity index (χ4v) is 2.58. The monoisotopic (exact) mass is 276 g/mol. The van der Waals surface area contributed by atoms with Crippen molar-refractivity contribution in [3.05, 3.63) is 34.2 Å². The standard InChI is InChI=1S/C14H16N2O2S/c1-3-4-9-5-6-12(18-2)10(7-9)11-8-19-14(16-11)13(15)17/h5-8H,3-4H2,1-2H3,(H2,15,17). The maximum atomic E-state index is 11.1. The van der Waals surface area contributed by atoms with Crippen molar-refractivity contribution in [3.8, 4) is 17.0 Å². The second-order valence-electron chi connectivity index (χ2n) is 4.19. The van der Waals surface area contributed by atoms with Crippen molar-refractivity contribution >= 4 is 17.2 Å². The summed E-state index contributed by atoms with van der Waals surface area (Å²) in [6.07, 6.45) is 2.08. The molecule has 1 aromatic carbocycles. The summed E-state index contributed by atoms with van der Waals surface area (Å²) in [6, 6.07) is 6.04. The van der Waals surface area contributed by atoms with E-state index in [2.05, 4.69) is 18.0 Å². The largest absolute Gasteiger partial charge is 0.496 e. The number of hydrogen-bond acceptors (Lipinski definition) is 4. The molecule has 5 heteroatoms. The SMILES string of the molecule is CCCc1ccc(OC)c(-c2csc(C(N)=O)n2)c1. The average molecular weight is 276 g/mol. The van der Waals surface area contributed by atoms with Gasteiger partial charge < -0.3 is 10.5 Å². The minimum atomic E-state index is -0.500. The lowest BCUT2D eigenvalue weighted by molar-refractivity contribution is 0.1000. The molecule has 0 saturated heterocycles. The van der Waals surface area contributed by atoms with E-state index in [-0.39, 0.29) is 0 Å². The lowest BCUT2D eigenvalue weighted by Crippen LogP contribution is -2.10. The zero-order valence-electron chi connectivity index (χ0n) is 11.0. The lowest BCUT2D eigenvalue weighted by atomic mass is 10.0. The molecule has 100 valence electrons. The average Bonchev–Trinajstić information content (AvgIpc) is 2.88. The third-order valence-corrected chi connectivity index (χ3v) is 3.65. The molecule has 2 rings (SSSR count). The molecule has 0 saturated carbocycles. The summed E-state index contributed by atoms with van der Waals surface area (Å²) in [5.41, 5.74) is 8.09. The Kier molecular flexibility index (Phi) is 4.16. The first-order valence-corrected chi connectivity index (χ1v) is 6.96. The molecule has 0 atom stereocenters. The van der Waals surface area contributed by atoms with Crippen molar-refractivity contribution < 1.29 is 9.53 Å². The zero-order chi connectivity index (χ0) is 13.8. The number of carbonyl (C=O) groups is 1. The molecule has 0 aliphatic rings. The van der Waals surface area contributed by atoms with E-state index in [0.29, 0.717) is 5.01 Å². The van der Waals surface area contributed by atoms with Gasteiger partial charge in [0.25, 0.3) is 5.91 Å². The number of aromatic nitrogens is 1. The van der Waals surface area contributed by atoms with E-state index in [1.54, 1.807) is 7.11 Å². The molecular formula is C14H16N2O2S. The molecule has 1 amide bonds. The van der Waals surface area contributed by atoms with Crippen molar-refractivity contribution in [2.24, 2.45) is 5.73 Å². The van der Waals surface area contributed by atoms with Crippen LogP contribution in [0.25, 0.3) is 11.3 Å². The van der Waals surface area contributed by atoms with Gasteiger partial charge in [0, 0.05) is 10.9 Å². The summed E-state index contributed by atoms with van der Waals surface area (Å²) in [6.45, 7) is 2.14. The number of nitrogens with zero attached hydrogens (tertiary/aromatic N) is 1. The Bertz CT molecular complexity index is 593. The second-order valence-corrected chi connectivity index (χ2v) is 5.04. The van der Waals surface area contributed by atoms with Crippen LogP contribution >= 0.6 is 11.3 Å². The minimum absolute atomic E-state index is 0.318. The number of rotatable bonds is 5. The molecule has 0 spiro atoms. The minimum Gasteiger partial charge on any atom is -0.496 e. The number of ether oxygens (including phenoxy) is 1. The van der Waals surface area contributed by atoms with Gasteiger partial charge in [-0.25, -0.2) is 4.98 Å². The molecule has 0 fully saturated rings. The van der Waals surface area contributed by atoms with E-state index < -0.39 is 5.91 Å². The smallest absolute Gasteiger partial charge is 0.277 e. The first-order valence-electron chi connectivity index (χ1n) is 6.08. The molecule has 0 bridgehead atoms. The first kappa shape index (κ1) is 13.5. The summed E-state index contributed by atoms with van der Waals surface area (Å²) in [5, 5.41) is 2.14. The number of amides is 1. The van der Waals surface area contributed by atoms with Crippen molar-refractivity contribution in [2.75, 3.05) is 7.11 Å². The highest BCUT2D eigenvalue weighted by Gasteiger charge is 2.13. The summed E-state index contributed by atoms with van der Waals surface area (Å²) in [4.78, 5) is 15.4. The van der Waals surface area contributed by atoms with Crippen LogP contribution in [0.4, 0.5) is 0 Å². The molecule has 2 aromatic rings. The van der Waals surface area contributed by atoms with Gasteiger partial charge in [0.05, 0.1) is 12.8 Å². The Morgan fingerprint density at radius 3 is 2.84 bits per heavy atom. The predicted octanol–water partition coefficient (Wildman–Crippen LogP) is 2.87. The van der Waals surface area contributed by atoms with Crippen LogP contribution in [0.5, 0.6) is 5.75 Å². The Morgan fingerprint density at radius 1 is 1.47 bits per heavy atom. The van der Waals surface area contributed by atoms with Crippen LogP contribution in [0.3, 0.4) is 0 Å². The number of nitrogens with two attached hydrogens (primary N) is 1. The quantitative estimate of drug-likeness (QED) is 0.913. The molecular weight excluding hydrogens is 260 g/mol. The molecule has 0 unspecified atom stereocenters. The van der Waals surface area contributed by atoms with Gasteiger partial charge in [0.2, 0.25) is 0 Å². The summed E-state index contributed by atoms with van der Waals surface area (Å²) in [5.74, 6) is 0.251. The summed E-state index contributed by atoms with van der Waals surface area (Å²) in [7, 11) is 1.62. The maximum Gasteiger partial charge on any atom is 0.277 e. The van der Waals surface area contributed by atoms with Gasteiger partial charge >= 0.3 is 0 Å². The fraction of sp³-hybridized carbons (Fsp3) is 0.286. The van der Waals surface area contributed by atoms with Crippen molar-refractivity contribution in [1.82, 2.24) is 4.98 Å². The van der Waals surface area contributed by atoms with E-state index in [0.717, 1.165) is 29.8 Å². The van der Waals surface area contributed by atoms with Crippen molar-refractivity contribution in [3.63, 3.8) is 0 Å². The van der Waals surface area contributed by atoms with Gasteiger partial charge in [-0.15, -0.1) is 11.3 Å². The Labute approximate surface area is 116 Å². The van der Waals surface area contributed by atoms with Gasteiger partial charge in [-0.2, -0.15) is 0 Å². The van der Waals surface area contributed by atoms with Gasteiger partial charge in [0.15, 0.2) is 5.01 Å². The third kappa shape index (κ3) is 2.93. The molecule has 0 radical (unpaired) electrons. The summed E-state index contributed by atoms with van der Waals surface area (Å²) >= 11 is 1.25. The number of benzene rings is 1. The van der Waals surface area contributed by atoms with E-state index in [4.69, 9.17) is 10.5 Å². The third-order valence-electron chi connectivity index (χ3n) is 2.79. The summed E-state index contributed by atoms with van der Waals surface area (Å²) < 4.78 is 5.35. The molecule has 0 aliphatic carbocycles. The predicted molar refractivity (Wildman–Crippen MR) is 76.6 cm³/mol. The van der Waals surface area contributed by atoms with Gasteiger partial charge in [-0.3, -0.25) is 4.79 Å². The number of methoxy groups -OCH3 is 1. The molecule has 4 nitrogen and oxygen atoms in total. The maximum absolute atomic E-state index is 11.1. The Morgan fingerprint density at radius 2 is 2.26 bits per heavy atom. The van der Waals surface area contributed by atoms with Gasteiger partial charge in [-0.1, -0.05) is 19.4 Å². The number of primary amides is 1. The van der Waals surface area contributed by atoms with Crippen LogP contribution in [0.15, 0.2) is 23.6 Å². The van der Waals surface area contributed by atoms with E-state index in [1.807, 2.05) is 17.5 Å². The van der Waals surface area contributed by atoms with E-state index in [9.17, 15) is 4.79 Å². The van der Waals surface area contributed by atoms with Crippen LogP contribution in [0.1, 0.15) is 28.7 Å². The fourth-order valence-electron chi connectivity index (χ4n) is 1.91. The second kappa shape index (κ2) is 5.84. The topological polar surface area (TPSA) is 65.2 Å². The van der Waals surface area contributed by atoms with Crippen LogP contribution in [0.2, 0.25) is 0 Å². The molecule has 0 aliphatic heterocycles. The van der Waals surface area contributed by atoms with Crippen LogP contribution in [-0.2, 0) is 6.42 Å². The molecule has 1 aromatic heterocycles. The van der Waals surface area contributed by atoms with E-state index >= 15 is 0 Å². The van der Waals surface area contributed by atoms with Crippen LogP contribution in [-0.4, -0.2) is 18.0 Å². The molecule has 1 heterocycles. The molecule has 2 N–H and O–H groups in total. The van der Waals surface area contributed by atoms with Gasteiger partial charge in [0.1, 0.15) is 5.75 Å². The van der Waals surface area contributed by atoms with Crippen LogP contribution < -0.4 is 10.5 Å². The highest BCUT2D eigenvalue weighted by atomic mass is 32.1. The highest BCUT2D eigenvalue weighted by Crippen LogP contribution is 2.32. The lowest BCUT2D eigenvalue weighted by Gasteiger charge is -2.08. The first-order chi connectivity index (χ1) is 9.15. The molecule has 19 heavy (non-hydrogen) atoms. The number of aryl methyl sites for hydroxylation is 1. The highest BCUT2D eigenvalue weighted by molar-refractivity contribution is 7.12. The number of thiazole rings is 1. The Balaban J connectivity index is 2.45. The number of hydrogen-bond donors (Lipinski definition) is 1.